The van der Waals surface area contributed by atoms with Crippen LogP contribution in [0.3, 0.4) is 0 Å². The highest BCUT2D eigenvalue weighted by Crippen LogP contribution is 2.27. The molecule has 2 aromatic rings. The lowest BCUT2D eigenvalue weighted by Crippen LogP contribution is -2.32. The summed E-state index contributed by atoms with van der Waals surface area (Å²) in [6.45, 7) is 5.71. The van der Waals surface area contributed by atoms with E-state index in [2.05, 4.69) is 28.1 Å². The maximum atomic E-state index is 12.5. The molecule has 8 heteroatoms. The molecule has 0 saturated heterocycles. The summed E-state index contributed by atoms with van der Waals surface area (Å²) in [6, 6.07) is 7.42. The Morgan fingerprint density at radius 2 is 2.00 bits per heavy atom. The molecular formula is C21H28N6O2. The van der Waals surface area contributed by atoms with E-state index in [1.165, 1.54) is 14.2 Å². The summed E-state index contributed by atoms with van der Waals surface area (Å²) in [5, 5.41) is 7.37. The topological polar surface area (TPSA) is 96.9 Å². The Kier molecular flexibility index (Phi) is 7.85. The molecule has 2 aromatic heterocycles. The number of aryl methyl sites for hydroxylation is 1. The van der Waals surface area contributed by atoms with Crippen LogP contribution in [0.2, 0.25) is 0 Å². The van der Waals surface area contributed by atoms with E-state index in [0.717, 1.165) is 34.9 Å². The summed E-state index contributed by atoms with van der Waals surface area (Å²) in [6.07, 6.45) is 7.25. The molecule has 1 amide bonds. The van der Waals surface area contributed by atoms with Crippen LogP contribution in [0.15, 0.2) is 47.8 Å². The monoisotopic (exact) mass is 396 g/mol. The molecule has 0 saturated carbocycles. The molecular weight excluding hydrogens is 368 g/mol. The Morgan fingerprint density at radius 3 is 2.55 bits per heavy atom. The number of hydrogen-bond acceptors (Lipinski definition) is 7. The average molecular weight is 396 g/mol. The number of nitrogens with zero attached hydrogens (tertiary/aromatic N) is 5. The second-order valence-corrected chi connectivity index (χ2v) is 6.52. The van der Waals surface area contributed by atoms with E-state index in [-0.39, 0.29) is 11.6 Å². The fraction of sp³-hybridized carbons (Fsp3) is 0.333. The fourth-order valence-electron chi connectivity index (χ4n) is 2.48. The number of unbranched alkanes of at least 4 members (excludes halogenated alkanes) is 1. The number of allylic oxidation sites excluding steroid dienone is 1. The second-order valence-electron chi connectivity index (χ2n) is 6.52. The smallest absolute Gasteiger partial charge is 0.293 e. The summed E-state index contributed by atoms with van der Waals surface area (Å²) >= 11 is 0. The summed E-state index contributed by atoms with van der Waals surface area (Å²) in [4.78, 5) is 26.2. The highest BCUT2D eigenvalue weighted by atomic mass is 16.7. The van der Waals surface area contributed by atoms with Crippen LogP contribution >= 0.6 is 0 Å². The molecule has 0 bridgehead atoms. The highest BCUT2D eigenvalue weighted by molar-refractivity contribution is 6.37. The van der Waals surface area contributed by atoms with Crippen molar-refractivity contribution < 1.29 is 9.63 Å². The number of nitrogens with two attached hydrogens (primary N) is 1. The van der Waals surface area contributed by atoms with Gasteiger partial charge in [0.2, 0.25) is 0 Å². The number of hydrogen-bond donors (Lipinski definition) is 1. The Hall–Kier alpha value is -3.26. The van der Waals surface area contributed by atoms with Crippen LogP contribution in [-0.2, 0) is 9.63 Å². The molecule has 154 valence electrons. The molecule has 0 aliphatic rings. The number of anilines is 2. The molecule has 0 atom stereocenters. The molecule has 0 unspecified atom stereocenters. The van der Waals surface area contributed by atoms with Crippen LogP contribution in [0.25, 0.3) is 5.70 Å². The maximum Gasteiger partial charge on any atom is 0.293 e. The van der Waals surface area contributed by atoms with Crippen LogP contribution in [0.5, 0.6) is 0 Å². The number of carbonyl (C=O) groups excluding carboxylic acids is 1. The molecule has 0 fully saturated rings. The van der Waals surface area contributed by atoms with Crippen molar-refractivity contribution in [3.63, 3.8) is 0 Å². The first-order valence-electron chi connectivity index (χ1n) is 9.39. The summed E-state index contributed by atoms with van der Waals surface area (Å²) < 4.78 is 0. The van der Waals surface area contributed by atoms with E-state index in [0.29, 0.717) is 11.5 Å². The van der Waals surface area contributed by atoms with Gasteiger partial charge in [-0.1, -0.05) is 25.5 Å². The first-order chi connectivity index (χ1) is 13.9. The Bertz CT molecular complexity index is 875. The molecule has 8 nitrogen and oxygen atoms in total. The van der Waals surface area contributed by atoms with Gasteiger partial charge in [-0.25, -0.2) is 15.1 Å². The van der Waals surface area contributed by atoms with Gasteiger partial charge in [-0.15, -0.1) is 0 Å². The average Bonchev–Trinajstić information content (AvgIpc) is 2.73. The lowest BCUT2D eigenvalue weighted by Gasteiger charge is -2.24. The first kappa shape index (κ1) is 22.0. The minimum absolute atomic E-state index is 0.251. The van der Waals surface area contributed by atoms with Crippen molar-refractivity contribution in [3.05, 3.63) is 54.0 Å². The van der Waals surface area contributed by atoms with E-state index in [1.54, 1.807) is 36.5 Å². The third-order valence-electron chi connectivity index (χ3n) is 4.16. The van der Waals surface area contributed by atoms with Gasteiger partial charge in [0.1, 0.15) is 11.5 Å². The zero-order valence-electron chi connectivity index (χ0n) is 17.6. The minimum Gasteiger partial charge on any atom is -0.384 e. The lowest BCUT2D eigenvalue weighted by molar-refractivity contribution is -0.160. The van der Waals surface area contributed by atoms with Crippen molar-refractivity contribution in [1.29, 1.82) is 0 Å². The van der Waals surface area contributed by atoms with Crippen molar-refractivity contribution in [2.45, 2.75) is 33.6 Å². The number of rotatable bonds is 8. The number of carbonyl (C=O) groups is 1. The van der Waals surface area contributed by atoms with Crippen LogP contribution in [0, 0.1) is 6.92 Å². The Balaban J connectivity index is 2.60. The molecule has 29 heavy (non-hydrogen) atoms. The number of amides is 1. The Morgan fingerprint density at radius 1 is 1.24 bits per heavy atom. The molecule has 2 N–H and O–H groups in total. The molecule has 0 aliphatic heterocycles. The highest BCUT2D eigenvalue weighted by Gasteiger charge is 2.19. The van der Waals surface area contributed by atoms with Gasteiger partial charge in [0.15, 0.2) is 0 Å². The number of nitrogen functional groups attached to an aromatic ring is 1. The van der Waals surface area contributed by atoms with Crippen molar-refractivity contribution in [2.24, 2.45) is 5.10 Å². The maximum absolute atomic E-state index is 12.5. The summed E-state index contributed by atoms with van der Waals surface area (Å²) in [5.41, 5.74) is 9.21. The predicted molar refractivity (Wildman–Crippen MR) is 116 cm³/mol. The van der Waals surface area contributed by atoms with Gasteiger partial charge in [-0.3, -0.25) is 14.6 Å². The third kappa shape index (κ3) is 5.86. The lowest BCUT2D eigenvalue weighted by atomic mass is 10.2. The minimum atomic E-state index is -0.354. The molecule has 0 radical (unpaired) electrons. The molecule has 2 rings (SSSR count). The summed E-state index contributed by atoms with van der Waals surface area (Å²) in [5.74, 6) is 0.0461. The van der Waals surface area contributed by atoms with Crippen molar-refractivity contribution >= 4 is 28.8 Å². The van der Waals surface area contributed by atoms with Crippen LogP contribution < -0.4 is 10.7 Å². The molecule has 0 aromatic carbocycles. The van der Waals surface area contributed by atoms with E-state index >= 15 is 0 Å². The van der Waals surface area contributed by atoms with Crippen molar-refractivity contribution in [2.75, 3.05) is 24.9 Å². The van der Waals surface area contributed by atoms with Crippen molar-refractivity contribution in [1.82, 2.24) is 15.0 Å². The summed E-state index contributed by atoms with van der Waals surface area (Å²) in [7, 11) is 2.96. The van der Waals surface area contributed by atoms with E-state index in [1.807, 2.05) is 19.1 Å². The van der Waals surface area contributed by atoms with Gasteiger partial charge in [0.25, 0.3) is 5.91 Å². The quantitative estimate of drug-likeness (QED) is 0.542. The van der Waals surface area contributed by atoms with E-state index in [9.17, 15) is 4.79 Å². The first-order valence-corrected chi connectivity index (χ1v) is 9.39. The molecule has 2 heterocycles. The number of pyridine rings is 2. The zero-order chi connectivity index (χ0) is 21.4. The van der Waals surface area contributed by atoms with Gasteiger partial charge in [0, 0.05) is 13.2 Å². The molecule has 0 aliphatic carbocycles. The van der Waals surface area contributed by atoms with Crippen LogP contribution in [-0.4, -0.2) is 40.8 Å². The number of hydroxylamine groups is 2. The second kappa shape index (κ2) is 10.3. The molecule has 0 spiro atoms. The number of hydrazone groups is 1. The van der Waals surface area contributed by atoms with Gasteiger partial charge < -0.3 is 5.73 Å². The van der Waals surface area contributed by atoms with Crippen molar-refractivity contribution in [3.8, 4) is 0 Å². The Labute approximate surface area is 171 Å². The van der Waals surface area contributed by atoms with Gasteiger partial charge in [-0.05, 0) is 44.0 Å². The zero-order valence-corrected chi connectivity index (χ0v) is 17.6. The van der Waals surface area contributed by atoms with Gasteiger partial charge in [-0.2, -0.15) is 5.10 Å². The van der Waals surface area contributed by atoms with Gasteiger partial charge in [0.05, 0.1) is 30.4 Å². The van der Waals surface area contributed by atoms with E-state index in [4.69, 9.17) is 10.6 Å². The van der Waals surface area contributed by atoms with Crippen LogP contribution in [0.1, 0.15) is 37.9 Å². The third-order valence-corrected chi connectivity index (χ3v) is 4.16. The fourth-order valence-corrected chi connectivity index (χ4v) is 2.48. The normalized spacial score (nSPS) is 12.0. The standard InChI is InChI=1S/C21H28N6O2/c1-6-7-8-19(18-11-9-15(2)13-23-18)27(17-10-12-20(22)24-14-17)25-16(3)21(28)26(4)29-5/h8-14H,6-7H2,1-5H3,(H2,22,24)/b19-8+,25-16+. The SMILES string of the molecule is CCC/C=C(\c1ccc(C)cn1)N(/N=C(\C)C(=O)N(C)OC)c1ccc(N)nc1. The number of aromatic nitrogens is 2. The van der Waals surface area contributed by atoms with Gasteiger partial charge >= 0.3 is 0 Å². The predicted octanol–water partition coefficient (Wildman–Crippen LogP) is 3.41. The van der Waals surface area contributed by atoms with E-state index < -0.39 is 0 Å². The van der Waals surface area contributed by atoms with Crippen LogP contribution in [0.4, 0.5) is 11.5 Å². The largest absolute Gasteiger partial charge is 0.384 e.